The van der Waals surface area contributed by atoms with Crippen LogP contribution in [0.1, 0.15) is 43.0 Å². The molecule has 1 fully saturated rings. The average Bonchev–Trinajstić information content (AvgIpc) is 2.68. The minimum Gasteiger partial charge on any atom is -0.494 e. The summed E-state index contributed by atoms with van der Waals surface area (Å²) in [6.07, 6.45) is 4.81. The molecule has 0 aliphatic carbocycles. The number of ether oxygens (including phenoxy) is 1. The predicted molar refractivity (Wildman–Crippen MR) is 103 cm³/mol. The molecular weight excluding hydrogens is 312 g/mol. The average molecular weight is 338 g/mol. The summed E-state index contributed by atoms with van der Waals surface area (Å²) in [4.78, 5) is 14.8. The van der Waals surface area contributed by atoms with Gasteiger partial charge in [-0.25, -0.2) is 0 Å². The Morgan fingerprint density at radius 2 is 1.68 bits per heavy atom. The molecule has 4 nitrogen and oxygen atoms in total. The van der Waals surface area contributed by atoms with Crippen LogP contribution in [0, 0.1) is 0 Å². The van der Waals surface area contributed by atoms with Crippen molar-refractivity contribution < 1.29 is 9.53 Å². The summed E-state index contributed by atoms with van der Waals surface area (Å²) in [5, 5.41) is 2.95. The van der Waals surface area contributed by atoms with E-state index in [1.807, 2.05) is 24.3 Å². The Balaban J connectivity index is 1.58. The zero-order valence-electron chi connectivity index (χ0n) is 14.8. The summed E-state index contributed by atoms with van der Waals surface area (Å²) >= 11 is 0. The topological polar surface area (TPSA) is 41.6 Å². The van der Waals surface area contributed by atoms with Crippen LogP contribution in [0.15, 0.2) is 48.5 Å². The Kier molecular flexibility index (Phi) is 5.94. The van der Waals surface area contributed by atoms with Gasteiger partial charge >= 0.3 is 0 Å². The summed E-state index contributed by atoms with van der Waals surface area (Å²) in [5.74, 6) is 0.692. The Morgan fingerprint density at radius 1 is 1.00 bits per heavy atom. The summed E-state index contributed by atoms with van der Waals surface area (Å²) in [6.45, 7) is 5.00. The molecule has 0 radical (unpaired) electrons. The summed E-state index contributed by atoms with van der Waals surface area (Å²) < 4.78 is 5.54. The van der Waals surface area contributed by atoms with Gasteiger partial charge in [0.05, 0.1) is 6.61 Å². The fraction of sp³-hybridized carbons (Fsp3) is 0.381. The van der Waals surface area contributed by atoms with E-state index in [0.717, 1.165) is 30.9 Å². The first-order chi connectivity index (χ1) is 12.3. The monoisotopic (exact) mass is 338 g/mol. The van der Waals surface area contributed by atoms with E-state index >= 15 is 0 Å². The van der Waals surface area contributed by atoms with Crippen molar-refractivity contribution in [3.8, 4) is 5.75 Å². The lowest BCUT2D eigenvalue weighted by molar-refractivity contribution is 0.102. The number of carbonyl (C=O) groups is 1. The molecule has 132 valence electrons. The second-order valence-electron chi connectivity index (χ2n) is 6.42. The summed E-state index contributed by atoms with van der Waals surface area (Å²) in [6, 6.07) is 15.4. The fourth-order valence-electron chi connectivity index (χ4n) is 3.03. The molecule has 4 heteroatoms. The van der Waals surface area contributed by atoms with Crippen LogP contribution in [0.4, 0.5) is 11.4 Å². The molecule has 1 heterocycles. The van der Waals surface area contributed by atoms with Gasteiger partial charge in [-0.2, -0.15) is 0 Å². The van der Waals surface area contributed by atoms with Gasteiger partial charge in [0.2, 0.25) is 0 Å². The van der Waals surface area contributed by atoms with Gasteiger partial charge in [0.1, 0.15) is 5.75 Å². The summed E-state index contributed by atoms with van der Waals surface area (Å²) in [7, 11) is 0. The highest BCUT2D eigenvalue weighted by molar-refractivity contribution is 6.04. The van der Waals surface area contributed by atoms with Crippen molar-refractivity contribution >= 4 is 17.3 Å². The number of hydrogen-bond acceptors (Lipinski definition) is 3. The van der Waals surface area contributed by atoms with E-state index in [9.17, 15) is 4.79 Å². The first-order valence-corrected chi connectivity index (χ1v) is 9.15. The maximum Gasteiger partial charge on any atom is 0.255 e. The SMILES string of the molecule is CCCOc1ccc(C(=O)Nc2ccc(N3CCCCC3)cc2)cc1. The normalized spacial score (nSPS) is 14.2. The molecule has 1 amide bonds. The van der Waals surface area contributed by atoms with Crippen molar-refractivity contribution in [3.05, 3.63) is 54.1 Å². The maximum absolute atomic E-state index is 12.4. The molecule has 3 rings (SSSR count). The van der Waals surface area contributed by atoms with E-state index in [1.165, 1.54) is 24.9 Å². The van der Waals surface area contributed by atoms with Crippen molar-refractivity contribution in [1.29, 1.82) is 0 Å². The van der Waals surface area contributed by atoms with E-state index in [1.54, 1.807) is 12.1 Å². The predicted octanol–water partition coefficient (Wildman–Crippen LogP) is 4.72. The van der Waals surface area contributed by atoms with Gasteiger partial charge in [-0.15, -0.1) is 0 Å². The lowest BCUT2D eigenvalue weighted by Gasteiger charge is -2.28. The van der Waals surface area contributed by atoms with E-state index < -0.39 is 0 Å². The second kappa shape index (κ2) is 8.56. The van der Waals surface area contributed by atoms with Gasteiger partial charge in [0.15, 0.2) is 0 Å². The molecule has 2 aromatic carbocycles. The van der Waals surface area contributed by atoms with Gasteiger partial charge in [-0.3, -0.25) is 4.79 Å². The van der Waals surface area contributed by atoms with Gasteiger partial charge in [-0.05, 0) is 74.2 Å². The van der Waals surface area contributed by atoms with Gasteiger partial charge < -0.3 is 15.0 Å². The minimum absolute atomic E-state index is 0.104. The maximum atomic E-state index is 12.4. The van der Waals surface area contributed by atoms with Crippen LogP contribution in [-0.4, -0.2) is 25.6 Å². The third kappa shape index (κ3) is 4.75. The van der Waals surface area contributed by atoms with Crippen molar-refractivity contribution in [1.82, 2.24) is 0 Å². The zero-order chi connectivity index (χ0) is 17.5. The quantitative estimate of drug-likeness (QED) is 0.829. The molecule has 0 spiro atoms. The molecule has 0 aromatic heterocycles. The largest absolute Gasteiger partial charge is 0.494 e. The lowest BCUT2D eigenvalue weighted by atomic mass is 10.1. The highest BCUT2D eigenvalue weighted by atomic mass is 16.5. The van der Waals surface area contributed by atoms with Crippen LogP contribution in [0.3, 0.4) is 0 Å². The van der Waals surface area contributed by atoms with Crippen LogP contribution < -0.4 is 15.0 Å². The second-order valence-corrected chi connectivity index (χ2v) is 6.42. The Hall–Kier alpha value is -2.49. The van der Waals surface area contributed by atoms with Crippen molar-refractivity contribution in [2.24, 2.45) is 0 Å². The first-order valence-electron chi connectivity index (χ1n) is 9.15. The standard InChI is InChI=1S/C21H26N2O2/c1-2-16-25-20-12-6-17(7-13-20)21(24)22-18-8-10-19(11-9-18)23-14-4-3-5-15-23/h6-13H,2-5,14-16H2,1H3,(H,22,24). The smallest absolute Gasteiger partial charge is 0.255 e. The molecule has 0 atom stereocenters. The van der Waals surface area contributed by atoms with Gasteiger partial charge in [-0.1, -0.05) is 6.92 Å². The number of nitrogens with zero attached hydrogens (tertiary/aromatic N) is 1. The molecule has 25 heavy (non-hydrogen) atoms. The van der Waals surface area contributed by atoms with Crippen LogP contribution >= 0.6 is 0 Å². The number of amides is 1. The summed E-state index contributed by atoms with van der Waals surface area (Å²) in [5.41, 5.74) is 2.68. The number of benzene rings is 2. The third-order valence-corrected chi connectivity index (χ3v) is 4.44. The Labute approximate surface area is 149 Å². The Morgan fingerprint density at radius 3 is 2.32 bits per heavy atom. The van der Waals surface area contributed by atoms with Crippen LogP contribution in [-0.2, 0) is 0 Å². The number of rotatable bonds is 6. The van der Waals surface area contributed by atoms with Crippen LogP contribution in [0.25, 0.3) is 0 Å². The molecule has 0 unspecified atom stereocenters. The highest BCUT2D eigenvalue weighted by Gasteiger charge is 2.11. The molecule has 1 aliphatic rings. The first kappa shape index (κ1) is 17.3. The molecule has 1 saturated heterocycles. The molecule has 0 bridgehead atoms. The molecule has 0 saturated carbocycles. The zero-order valence-corrected chi connectivity index (χ0v) is 14.8. The van der Waals surface area contributed by atoms with Crippen molar-refractivity contribution in [3.63, 3.8) is 0 Å². The van der Waals surface area contributed by atoms with Crippen molar-refractivity contribution in [2.75, 3.05) is 29.9 Å². The van der Waals surface area contributed by atoms with E-state index in [4.69, 9.17) is 4.74 Å². The highest BCUT2D eigenvalue weighted by Crippen LogP contribution is 2.22. The van der Waals surface area contributed by atoms with E-state index in [2.05, 4.69) is 29.3 Å². The van der Waals surface area contributed by atoms with Crippen molar-refractivity contribution in [2.45, 2.75) is 32.6 Å². The molecule has 1 N–H and O–H groups in total. The lowest BCUT2D eigenvalue weighted by Crippen LogP contribution is -2.29. The number of hydrogen-bond donors (Lipinski definition) is 1. The number of carbonyl (C=O) groups excluding carboxylic acids is 1. The van der Waals surface area contributed by atoms with E-state index in [-0.39, 0.29) is 5.91 Å². The van der Waals surface area contributed by atoms with Crippen LogP contribution in [0.2, 0.25) is 0 Å². The number of nitrogens with one attached hydrogen (secondary N) is 1. The van der Waals surface area contributed by atoms with Gasteiger partial charge in [0, 0.05) is 30.0 Å². The van der Waals surface area contributed by atoms with Gasteiger partial charge in [0.25, 0.3) is 5.91 Å². The molecule has 2 aromatic rings. The Bertz CT molecular complexity index is 674. The molecular formula is C21H26N2O2. The van der Waals surface area contributed by atoms with Crippen LogP contribution in [0.5, 0.6) is 5.75 Å². The third-order valence-electron chi connectivity index (χ3n) is 4.44. The fourth-order valence-corrected chi connectivity index (χ4v) is 3.03. The number of piperidine rings is 1. The number of anilines is 2. The minimum atomic E-state index is -0.104. The molecule has 1 aliphatic heterocycles. The van der Waals surface area contributed by atoms with E-state index in [0.29, 0.717) is 12.2 Å².